The van der Waals surface area contributed by atoms with Crippen molar-refractivity contribution in [2.75, 3.05) is 0 Å². The normalized spacial score (nSPS) is 12.1. The first-order valence-corrected chi connectivity index (χ1v) is 6.21. The smallest absolute Gasteiger partial charge is 0.101 e. The van der Waals surface area contributed by atoms with E-state index in [4.69, 9.17) is 16.3 Å². The number of ether oxygens (including phenoxy) is 1. The van der Waals surface area contributed by atoms with Crippen LogP contribution < -0.4 is 0 Å². The summed E-state index contributed by atoms with van der Waals surface area (Å²) in [6.07, 6.45) is 1.73. The highest BCUT2D eigenvalue weighted by molar-refractivity contribution is 6.30. The van der Waals surface area contributed by atoms with Gasteiger partial charge in [0.15, 0.2) is 0 Å². The fourth-order valence-corrected chi connectivity index (χ4v) is 1.84. The molecule has 0 spiro atoms. The summed E-state index contributed by atoms with van der Waals surface area (Å²) < 4.78 is 5.84. The Morgan fingerprint density at radius 1 is 1.06 bits per heavy atom. The van der Waals surface area contributed by atoms with Crippen molar-refractivity contribution in [3.8, 4) is 0 Å². The molecule has 2 rings (SSSR count). The average molecular weight is 259 g/mol. The van der Waals surface area contributed by atoms with Crippen LogP contribution in [0.25, 0.3) is 0 Å². The largest absolute Gasteiger partial charge is 0.365 e. The van der Waals surface area contributed by atoms with Crippen molar-refractivity contribution >= 4 is 11.6 Å². The minimum absolute atomic E-state index is 0.0816. The summed E-state index contributed by atoms with van der Waals surface area (Å²) >= 11 is 5.84. The van der Waals surface area contributed by atoms with Gasteiger partial charge in [-0.15, -0.1) is 6.58 Å². The lowest BCUT2D eigenvalue weighted by Crippen LogP contribution is -2.01. The molecule has 0 aliphatic heterocycles. The summed E-state index contributed by atoms with van der Waals surface area (Å²) in [6.45, 7) is 4.36. The molecule has 0 aliphatic rings. The second-order valence-electron chi connectivity index (χ2n) is 4.00. The summed E-state index contributed by atoms with van der Waals surface area (Å²) in [4.78, 5) is 0. The van der Waals surface area contributed by atoms with Gasteiger partial charge < -0.3 is 4.74 Å². The predicted octanol–water partition coefficient (Wildman–Crippen LogP) is 4.78. The van der Waals surface area contributed by atoms with Gasteiger partial charge in [0.25, 0.3) is 0 Å². The third-order valence-electron chi connectivity index (χ3n) is 2.68. The fraction of sp³-hybridized carbons (Fsp3) is 0.125. The summed E-state index contributed by atoms with van der Waals surface area (Å²) in [7, 11) is 0. The van der Waals surface area contributed by atoms with Crippen LogP contribution >= 0.6 is 11.6 Å². The predicted molar refractivity (Wildman–Crippen MR) is 75.6 cm³/mol. The first kappa shape index (κ1) is 12.9. The third-order valence-corrected chi connectivity index (χ3v) is 2.94. The molecule has 0 fully saturated rings. The van der Waals surface area contributed by atoms with Crippen LogP contribution in [0.1, 0.15) is 17.2 Å². The Kier molecular flexibility index (Phi) is 4.57. The van der Waals surface area contributed by atoms with Crippen molar-refractivity contribution in [2.45, 2.75) is 12.7 Å². The molecule has 0 aromatic heterocycles. The zero-order chi connectivity index (χ0) is 12.8. The van der Waals surface area contributed by atoms with Crippen molar-refractivity contribution in [2.24, 2.45) is 0 Å². The van der Waals surface area contributed by atoms with E-state index in [0.29, 0.717) is 6.61 Å². The van der Waals surface area contributed by atoms with Crippen LogP contribution in [0.5, 0.6) is 0 Å². The summed E-state index contributed by atoms with van der Waals surface area (Å²) in [6, 6.07) is 17.7. The van der Waals surface area contributed by atoms with Crippen LogP contribution in [0.2, 0.25) is 5.02 Å². The number of hydrogen-bond donors (Lipinski definition) is 0. The summed E-state index contributed by atoms with van der Waals surface area (Å²) in [5, 5.41) is 0.738. The van der Waals surface area contributed by atoms with E-state index in [-0.39, 0.29) is 6.10 Å². The maximum absolute atomic E-state index is 5.84. The Morgan fingerprint density at radius 2 is 1.72 bits per heavy atom. The Balaban J connectivity index is 2.00. The van der Waals surface area contributed by atoms with Gasteiger partial charge in [-0.05, 0) is 23.3 Å². The lowest BCUT2D eigenvalue weighted by atomic mass is 10.1. The first-order chi connectivity index (χ1) is 8.79. The van der Waals surface area contributed by atoms with Gasteiger partial charge in [-0.25, -0.2) is 0 Å². The molecule has 18 heavy (non-hydrogen) atoms. The molecule has 2 aromatic rings. The van der Waals surface area contributed by atoms with E-state index in [1.807, 2.05) is 60.7 Å². The Morgan fingerprint density at radius 3 is 2.33 bits per heavy atom. The van der Waals surface area contributed by atoms with Crippen molar-refractivity contribution in [1.29, 1.82) is 0 Å². The topological polar surface area (TPSA) is 9.23 Å². The molecule has 0 amide bonds. The third kappa shape index (κ3) is 3.46. The van der Waals surface area contributed by atoms with Crippen LogP contribution in [-0.2, 0) is 11.3 Å². The van der Waals surface area contributed by atoms with Crippen molar-refractivity contribution in [1.82, 2.24) is 0 Å². The van der Waals surface area contributed by atoms with E-state index >= 15 is 0 Å². The lowest BCUT2D eigenvalue weighted by Gasteiger charge is -2.14. The van der Waals surface area contributed by atoms with E-state index < -0.39 is 0 Å². The van der Waals surface area contributed by atoms with Gasteiger partial charge >= 0.3 is 0 Å². The first-order valence-electron chi connectivity index (χ1n) is 5.83. The number of halogens is 1. The molecule has 0 aliphatic carbocycles. The van der Waals surface area contributed by atoms with E-state index in [9.17, 15) is 0 Å². The SMILES string of the molecule is C=C[C@@H](OCc1ccc(Cl)cc1)c1ccccc1. The Hall–Kier alpha value is -1.57. The molecular weight excluding hydrogens is 244 g/mol. The Bertz CT molecular complexity index is 490. The van der Waals surface area contributed by atoms with Gasteiger partial charge in [-0.3, -0.25) is 0 Å². The molecule has 92 valence electrons. The van der Waals surface area contributed by atoms with E-state index in [1.165, 1.54) is 0 Å². The zero-order valence-electron chi connectivity index (χ0n) is 10.1. The fourth-order valence-electron chi connectivity index (χ4n) is 1.71. The molecule has 0 unspecified atom stereocenters. The minimum Gasteiger partial charge on any atom is -0.365 e. The van der Waals surface area contributed by atoms with Crippen LogP contribution in [0.15, 0.2) is 67.3 Å². The quantitative estimate of drug-likeness (QED) is 0.701. The second kappa shape index (κ2) is 6.39. The van der Waals surface area contributed by atoms with Gasteiger partial charge in [0.1, 0.15) is 6.10 Å². The van der Waals surface area contributed by atoms with Crippen LogP contribution in [0.3, 0.4) is 0 Å². The highest BCUT2D eigenvalue weighted by atomic mass is 35.5. The van der Waals surface area contributed by atoms with Crippen molar-refractivity contribution in [3.63, 3.8) is 0 Å². The van der Waals surface area contributed by atoms with Gasteiger partial charge in [-0.2, -0.15) is 0 Å². The number of hydrogen-bond acceptors (Lipinski definition) is 1. The molecule has 0 N–H and O–H groups in total. The monoisotopic (exact) mass is 258 g/mol. The van der Waals surface area contributed by atoms with E-state index in [0.717, 1.165) is 16.1 Å². The zero-order valence-corrected chi connectivity index (χ0v) is 10.8. The van der Waals surface area contributed by atoms with Crippen molar-refractivity contribution in [3.05, 3.63) is 83.4 Å². The molecular formula is C16H15ClO. The molecule has 0 saturated heterocycles. The lowest BCUT2D eigenvalue weighted by molar-refractivity contribution is 0.0720. The van der Waals surface area contributed by atoms with Crippen LogP contribution in [0.4, 0.5) is 0 Å². The minimum atomic E-state index is -0.0816. The average Bonchev–Trinajstić information content (AvgIpc) is 2.43. The standard InChI is InChI=1S/C16H15ClO/c1-2-16(14-6-4-3-5-7-14)18-12-13-8-10-15(17)11-9-13/h2-11,16H,1,12H2/t16-/m1/s1. The molecule has 1 nitrogen and oxygen atoms in total. The number of rotatable bonds is 5. The highest BCUT2D eigenvalue weighted by Gasteiger charge is 2.07. The van der Waals surface area contributed by atoms with Gasteiger partial charge in [-0.1, -0.05) is 60.1 Å². The van der Waals surface area contributed by atoms with Gasteiger partial charge in [0.05, 0.1) is 6.61 Å². The molecule has 0 heterocycles. The molecule has 1 atom stereocenters. The summed E-state index contributed by atoms with van der Waals surface area (Å²) in [5.41, 5.74) is 2.21. The van der Waals surface area contributed by atoms with Crippen LogP contribution in [-0.4, -0.2) is 0 Å². The molecule has 0 saturated carbocycles. The molecule has 0 bridgehead atoms. The van der Waals surface area contributed by atoms with E-state index in [1.54, 1.807) is 0 Å². The molecule has 2 heteroatoms. The molecule has 2 aromatic carbocycles. The second-order valence-corrected chi connectivity index (χ2v) is 4.44. The van der Waals surface area contributed by atoms with Gasteiger partial charge in [0, 0.05) is 5.02 Å². The maximum atomic E-state index is 5.84. The van der Waals surface area contributed by atoms with Crippen molar-refractivity contribution < 1.29 is 4.74 Å². The highest BCUT2D eigenvalue weighted by Crippen LogP contribution is 2.20. The van der Waals surface area contributed by atoms with Gasteiger partial charge in [0.2, 0.25) is 0 Å². The molecule has 0 radical (unpaired) electrons. The number of benzene rings is 2. The maximum Gasteiger partial charge on any atom is 0.101 e. The Labute approximate surface area is 113 Å². The van der Waals surface area contributed by atoms with Crippen LogP contribution in [0, 0.1) is 0 Å². The summed E-state index contributed by atoms with van der Waals surface area (Å²) in [5.74, 6) is 0. The van der Waals surface area contributed by atoms with E-state index in [2.05, 4.69) is 6.58 Å².